The van der Waals surface area contributed by atoms with Gasteiger partial charge in [0.25, 0.3) is 11.4 Å². The summed E-state index contributed by atoms with van der Waals surface area (Å²) >= 11 is 8.95. The van der Waals surface area contributed by atoms with Crippen LogP contribution in [0.15, 0.2) is 85.6 Å². The summed E-state index contributed by atoms with van der Waals surface area (Å²) in [5.41, 5.74) is 0.313. The first-order chi connectivity index (χ1) is 24.4. The van der Waals surface area contributed by atoms with Crippen molar-refractivity contribution in [2.75, 3.05) is 10.6 Å². The van der Waals surface area contributed by atoms with Crippen molar-refractivity contribution in [2.45, 2.75) is 27.7 Å². The Labute approximate surface area is 305 Å². The highest BCUT2D eigenvalue weighted by Gasteiger charge is 2.25. The van der Waals surface area contributed by atoms with E-state index in [1.54, 1.807) is 36.4 Å². The Morgan fingerprint density at radius 3 is 1.42 bits per heavy atom. The highest BCUT2D eigenvalue weighted by atomic mass is 79.9. The molecule has 0 bridgehead atoms. The van der Waals surface area contributed by atoms with Crippen molar-refractivity contribution < 1.29 is 29.3 Å². The van der Waals surface area contributed by atoms with Gasteiger partial charge in [0.2, 0.25) is 11.8 Å². The second-order valence-electron chi connectivity index (χ2n) is 10.4. The van der Waals surface area contributed by atoms with E-state index in [0.717, 1.165) is 35.4 Å². The third kappa shape index (κ3) is 10.7. The van der Waals surface area contributed by atoms with E-state index >= 15 is 0 Å². The largest absolute Gasteiger partial charge is 0.324 e. The van der Waals surface area contributed by atoms with Gasteiger partial charge in [-0.3, -0.25) is 50.0 Å². The van der Waals surface area contributed by atoms with Gasteiger partial charge in [-0.05, 0) is 65.2 Å². The van der Waals surface area contributed by atoms with Gasteiger partial charge in [0, 0.05) is 26.0 Å². The first-order valence-corrected chi connectivity index (χ1v) is 15.4. The summed E-state index contributed by atoms with van der Waals surface area (Å²) in [7, 11) is 0. The number of azo groups is 2. The standard InChI is InChI=1S/C15H12BrN5O5.C15H12ClN5O5/c2*1-8-3-4-12(13(5-8)17-9(2)22)18-19-15-11(16)6-10(20(23)24)7-14(15)21(25)26/h2*3-7H,1-2H3,(H,17,22). The number of rotatable bonds is 10. The quantitative estimate of drug-likeness (QED) is 0.0869. The Hall–Kier alpha value is -6.61. The molecule has 4 rings (SSSR count). The highest BCUT2D eigenvalue weighted by Crippen LogP contribution is 2.42. The number of anilines is 2. The van der Waals surface area contributed by atoms with E-state index in [0.29, 0.717) is 11.4 Å². The molecule has 0 saturated heterocycles. The van der Waals surface area contributed by atoms with Crippen LogP contribution in [0.2, 0.25) is 5.02 Å². The van der Waals surface area contributed by atoms with E-state index in [4.69, 9.17) is 11.6 Å². The van der Waals surface area contributed by atoms with Crippen molar-refractivity contribution in [1.82, 2.24) is 0 Å². The van der Waals surface area contributed by atoms with Crippen LogP contribution in [0, 0.1) is 54.3 Å². The number of halogens is 2. The number of carbonyl (C=O) groups is 2. The van der Waals surface area contributed by atoms with Crippen molar-refractivity contribution in [1.29, 1.82) is 0 Å². The number of nitrogens with one attached hydrogen (secondary N) is 2. The summed E-state index contributed by atoms with van der Waals surface area (Å²) in [4.78, 5) is 63.5. The smallest absolute Gasteiger partial charge is 0.305 e. The summed E-state index contributed by atoms with van der Waals surface area (Å²) in [6.45, 7) is 6.29. The first kappa shape index (κ1) is 39.8. The van der Waals surface area contributed by atoms with E-state index in [1.807, 2.05) is 13.8 Å². The number of nitro groups is 4. The Kier molecular flexibility index (Phi) is 13.3. The van der Waals surface area contributed by atoms with E-state index in [-0.39, 0.29) is 44.1 Å². The second-order valence-corrected chi connectivity index (χ2v) is 11.7. The lowest BCUT2D eigenvalue weighted by atomic mass is 10.2. The minimum Gasteiger partial charge on any atom is -0.324 e. The van der Waals surface area contributed by atoms with Gasteiger partial charge < -0.3 is 10.6 Å². The molecule has 0 heterocycles. The molecule has 4 aromatic carbocycles. The zero-order valence-corrected chi connectivity index (χ0v) is 29.5. The maximum Gasteiger partial charge on any atom is 0.305 e. The maximum absolute atomic E-state index is 11.3. The number of amides is 2. The first-order valence-electron chi connectivity index (χ1n) is 14.2. The number of aryl methyl sites for hydroxylation is 2. The lowest BCUT2D eigenvalue weighted by Crippen LogP contribution is -2.05. The van der Waals surface area contributed by atoms with E-state index in [9.17, 15) is 50.0 Å². The molecule has 0 atom stereocenters. The third-order valence-electron chi connectivity index (χ3n) is 6.31. The minimum atomic E-state index is -0.836. The van der Waals surface area contributed by atoms with Gasteiger partial charge >= 0.3 is 11.4 Å². The van der Waals surface area contributed by atoms with Gasteiger partial charge in [0.05, 0.1) is 52.7 Å². The number of hydrogen-bond acceptors (Lipinski definition) is 14. The molecule has 22 heteroatoms. The van der Waals surface area contributed by atoms with Crippen molar-refractivity contribution in [3.8, 4) is 0 Å². The van der Waals surface area contributed by atoms with Gasteiger partial charge in [0.1, 0.15) is 11.4 Å². The summed E-state index contributed by atoms with van der Waals surface area (Å²) < 4.78 is 0.0512. The van der Waals surface area contributed by atoms with Crippen LogP contribution < -0.4 is 10.6 Å². The molecular formula is C30H24BrClN10O10. The topological polar surface area (TPSA) is 280 Å². The molecule has 0 fully saturated rings. The number of non-ortho nitro benzene ring substituents is 2. The number of nitrogens with zero attached hydrogens (tertiary/aromatic N) is 8. The summed E-state index contributed by atoms with van der Waals surface area (Å²) in [6.07, 6.45) is 0. The number of benzene rings is 4. The molecule has 20 nitrogen and oxygen atoms in total. The van der Waals surface area contributed by atoms with Crippen LogP contribution in [-0.4, -0.2) is 31.5 Å². The zero-order chi connectivity index (χ0) is 38.9. The normalized spacial score (nSPS) is 10.7. The van der Waals surface area contributed by atoms with Crippen LogP contribution in [-0.2, 0) is 9.59 Å². The number of hydrogen-bond donors (Lipinski definition) is 2. The van der Waals surface area contributed by atoms with Gasteiger partial charge in [-0.1, -0.05) is 23.7 Å². The highest BCUT2D eigenvalue weighted by molar-refractivity contribution is 9.10. The summed E-state index contributed by atoms with van der Waals surface area (Å²) in [5.74, 6) is -0.638. The summed E-state index contributed by atoms with van der Waals surface area (Å²) in [5, 5.41) is 64.5. The zero-order valence-electron chi connectivity index (χ0n) is 27.2. The molecule has 0 unspecified atom stereocenters. The summed E-state index contributed by atoms with van der Waals surface area (Å²) in [6, 6.07) is 13.6. The van der Waals surface area contributed by atoms with Crippen LogP contribution in [0.3, 0.4) is 0 Å². The molecular weight excluding hydrogens is 776 g/mol. The molecule has 0 spiro atoms. The van der Waals surface area contributed by atoms with Crippen LogP contribution in [0.1, 0.15) is 25.0 Å². The predicted molar refractivity (Wildman–Crippen MR) is 192 cm³/mol. The molecule has 4 aromatic rings. The Bertz CT molecular complexity index is 2040. The molecule has 2 N–H and O–H groups in total. The Morgan fingerprint density at radius 1 is 0.615 bits per heavy atom. The van der Waals surface area contributed by atoms with Crippen LogP contribution >= 0.6 is 27.5 Å². The minimum absolute atomic E-state index is 0.0512. The molecule has 0 aliphatic carbocycles. The number of carbonyl (C=O) groups excluding carboxylic acids is 2. The van der Waals surface area contributed by atoms with E-state index < -0.39 is 42.4 Å². The van der Waals surface area contributed by atoms with Gasteiger partial charge in [-0.15, -0.1) is 20.5 Å². The average molecular weight is 800 g/mol. The Morgan fingerprint density at radius 2 is 1.02 bits per heavy atom. The second kappa shape index (κ2) is 17.4. The predicted octanol–water partition coefficient (Wildman–Crippen LogP) is 9.79. The van der Waals surface area contributed by atoms with Gasteiger partial charge in [-0.2, -0.15) is 0 Å². The Balaban J connectivity index is 0.000000280. The molecule has 2 amide bonds. The molecule has 0 aliphatic rings. The average Bonchev–Trinajstić information content (AvgIpc) is 3.04. The third-order valence-corrected chi connectivity index (χ3v) is 7.20. The van der Waals surface area contributed by atoms with Crippen LogP contribution in [0.4, 0.5) is 56.9 Å². The van der Waals surface area contributed by atoms with Crippen LogP contribution in [0.25, 0.3) is 0 Å². The fraction of sp³-hybridized carbons (Fsp3) is 0.133. The molecule has 268 valence electrons. The van der Waals surface area contributed by atoms with Crippen molar-refractivity contribution >= 4 is 96.2 Å². The van der Waals surface area contributed by atoms with Crippen LogP contribution in [0.5, 0.6) is 0 Å². The molecule has 0 radical (unpaired) electrons. The fourth-order valence-electron chi connectivity index (χ4n) is 4.09. The molecule has 0 aliphatic heterocycles. The van der Waals surface area contributed by atoms with Crippen molar-refractivity contribution in [3.05, 3.63) is 122 Å². The lowest BCUT2D eigenvalue weighted by molar-refractivity contribution is -0.394. The molecule has 52 heavy (non-hydrogen) atoms. The van der Waals surface area contributed by atoms with Gasteiger partial charge in [0.15, 0.2) is 11.4 Å². The lowest BCUT2D eigenvalue weighted by Gasteiger charge is -2.06. The monoisotopic (exact) mass is 798 g/mol. The number of nitro benzene ring substituents is 4. The van der Waals surface area contributed by atoms with E-state index in [2.05, 4.69) is 47.0 Å². The van der Waals surface area contributed by atoms with E-state index in [1.165, 1.54) is 13.8 Å². The van der Waals surface area contributed by atoms with Crippen molar-refractivity contribution in [3.63, 3.8) is 0 Å². The SMILES string of the molecule is CC(=O)Nc1cc(C)ccc1N=Nc1c(Br)cc([N+](=O)[O-])cc1[N+](=O)[O-].CC(=O)Nc1cc(C)ccc1N=Nc1c(Cl)cc([N+](=O)[O-])cc1[N+](=O)[O-]. The maximum atomic E-state index is 11.3. The van der Waals surface area contributed by atoms with Gasteiger partial charge in [-0.25, -0.2) is 0 Å². The van der Waals surface area contributed by atoms with Crippen molar-refractivity contribution in [2.24, 2.45) is 20.5 Å². The molecule has 0 aromatic heterocycles. The fourth-order valence-corrected chi connectivity index (χ4v) is 4.85. The molecule has 0 saturated carbocycles.